The van der Waals surface area contributed by atoms with E-state index < -0.39 is 0 Å². The molecule has 3 aromatic rings. The summed E-state index contributed by atoms with van der Waals surface area (Å²) in [6.07, 6.45) is 0. The van der Waals surface area contributed by atoms with Crippen LogP contribution in [0.2, 0.25) is 5.02 Å². The fourth-order valence-electron chi connectivity index (χ4n) is 2.62. The number of hydrogen-bond acceptors (Lipinski definition) is 5. The van der Waals surface area contributed by atoms with E-state index in [1.165, 1.54) is 5.56 Å². The minimum Gasteiger partial charge on any atom is -0.350 e. The highest BCUT2D eigenvalue weighted by Gasteiger charge is 2.13. The van der Waals surface area contributed by atoms with Crippen molar-refractivity contribution in [3.05, 3.63) is 70.5 Å². The number of aromatic nitrogens is 3. The second-order valence-electron chi connectivity index (χ2n) is 7.43. The van der Waals surface area contributed by atoms with Crippen LogP contribution in [0.1, 0.15) is 37.7 Å². The number of benzene rings is 2. The molecule has 0 aliphatic rings. The highest BCUT2D eigenvalue weighted by molar-refractivity contribution is 6.31. The third-order valence-corrected chi connectivity index (χ3v) is 4.52. The van der Waals surface area contributed by atoms with Gasteiger partial charge in [-0.05, 0) is 41.7 Å². The molecule has 0 aliphatic heterocycles. The van der Waals surface area contributed by atoms with Gasteiger partial charge in [-0.3, -0.25) is 0 Å². The Morgan fingerprint density at radius 1 is 0.889 bits per heavy atom. The van der Waals surface area contributed by atoms with Crippen LogP contribution in [0.4, 0.5) is 17.6 Å². The Morgan fingerprint density at radius 3 is 2.22 bits per heavy atom. The second kappa shape index (κ2) is 7.92. The van der Waals surface area contributed by atoms with Crippen molar-refractivity contribution in [3.63, 3.8) is 0 Å². The van der Waals surface area contributed by atoms with Crippen LogP contribution < -0.4 is 10.6 Å². The zero-order chi connectivity index (χ0) is 19.4. The lowest BCUT2D eigenvalue weighted by atomic mass is 9.87. The van der Waals surface area contributed by atoms with Crippen LogP contribution in [-0.4, -0.2) is 15.0 Å². The lowest BCUT2D eigenvalue weighted by molar-refractivity contribution is 0.590. The van der Waals surface area contributed by atoms with Crippen LogP contribution in [0.5, 0.6) is 0 Å². The third kappa shape index (κ3) is 5.17. The van der Waals surface area contributed by atoms with E-state index in [4.69, 9.17) is 11.6 Å². The Labute approximate surface area is 165 Å². The molecule has 2 aromatic carbocycles. The Kier molecular flexibility index (Phi) is 5.61. The summed E-state index contributed by atoms with van der Waals surface area (Å²) >= 11 is 6.20. The maximum atomic E-state index is 6.20. The molecule has 0 saturated carbocycles. The molecule has 1 aromatic heterocycles. The van der Waals surface area contributed by atoms with Gasteiger partial charge in [-0.25, -0.2) is 0 Å². The van der Waals surface area contributed by atoms with E-state index in [1.54, 1.807) is 0 Å². The summed E-state index contributed by atoms with van der Waals surface area (Å²) in [5.41, 5.74) is 3.33. The monoisotopic (exact) mass is 381 g/mol. The molecule has 2 N–H and O–H groups in total. The van der Waals surface area contributed by atoms with Crippen molar-refractivity contribution < 1.29 is 0 Å². The number of nitrogens with zero attached hydrogens (tertiary/aromatic N) is 3. The molecule has 0 atom stereocenters. The molecule has 0 fully saturated rings. The Balaban J connectivity index is 1.72. The number of hydrogen-bond donors (Lipinski definition) is 2. The van der Waals surface area contributed by atoms with Crippen molar-refractivity contribution in [2.75, 3.05) is 10.6 Å². The molecule has 1 heterocycles. The molecule has 6 heteroatoms. The van der Waals surface area contributed by atoms with Gasteiger partial charge in [0.05, 0.1) is 0 Å². The maximum Gasteiger partial charge on any atom is 0.232 e. The lowest BCUT2D eigenvalue weighted by Gasteiger charge is -2.19. The van der Waals surface area contributed by atoms with E-state index in [2.05, 4.69) is 58.5 Å². The van der Waals surface area contributed by atoms with Crippen LogP contribution in [-0.2, 0) is 12.0 Å². The van der Waals surface area contributed by atoms with Crippen LogP contribution in [0.25, 0.3) is 0 Å². The van der Waals surface area contributed by atoms with E-state index in [0.29, 0.717) is 29.3 Å². The zero-order valence-electron chi connectivity index (χ0n) is 16.0. The molecule has 27 heavy (non-hydrogen) atoms. The SMILES string of the molecule is Cc1nc(NCc2ccccc2Cl)nc(Nc2ccc(C(C)(C)C)cc2)n1. The molecular formula is C21H24ClN5. The summed E-state index contributed by atoms with van der Waals surface area (Å²) < 4.78 is 0. The number of nitrogens with one attached hydrogen (secondary N) is 2. The van der Waals surface area contributed by atoms with Gasteiger partial charge < -0.3 is 10.6 Å². The molecule has 5 nitrogen and oxygen atoms in total. The third-order valence-electron chi connectivity index (χ3n) is 4.15. The number of rotatable bonds is 5. The molecule has 140 valence electrons. The molecule has 0 radical (unpaired) electrons. The highest BCUT2D eigenvalue weighted by atomic mass is 35.5. The van der Waals surface area contributed by atoms with Gasteiger partial charge >= 0.3 is 0 Å². The Bertz CT molecular complexity index is 917. The predicted octanol–water partition coefficient (Wildman–Crippen LogP) is 5.49. The van der Waals surface area contributed by atoms with Gasteiger partial charge in [-0.1, -0.05) is 62.7 Å². The first-order chi connectivity index (χ1) is 12.8. The highest BCUT2D eigenvalue weighted by Crippen LogP contribution is 2.24. The van der Waals surface area contributed by atoms with Gasteiger partial charge in [0.15, 0.2) is 0 Å². The van der Waals surface area contributed by atoms with E-state index >= 15 is 0 Å². The molecule has 0 unspecified atom stereocenters. The summed E-state index contributed by atoms with van der Waals surface area (Å²) in [6.45, 7) is 8.98. The first-order valence-corrected chi connectivity index (χ1v) is 9.26. The normalized spacial score (nSPS) is 11.3. The molecular weight excluding hydrogens is 358 g/mol. The molecule has 3 rings (SSSR count). The topological polar surface area (TPSA) is 62.7 Å². The predicted molar refractivity (Wildman–Crippen MR) is 112 cm³/mol. The second-order valence-corrected chi connectivity index (χ2v) is 7.83. The van der Waals surface area contributed by atoms with Gasteiger partial charge in [0.25, 0.3) is 0 Å². The van der Waals surface area contributed by atoms with Crippen LogP contribution in [0, 0.1) is 6.92 Å². The minimum atomic E-state index is 0.123. The van der Waals surface area contributed by atoms with Crippen LogP contribution in [0.15, 0.2) is 48.5 Å². The zero-order valence-corrected chi connectivity index (χ0v) is 16.8. The van der Waals surface area contributed by atoms with Crippen molar-refractivity contribution in [2.45, 2.75) is 39.7 Å². The maximum absolute atomic E-state index is 6.20. The largest absolute Gasteiger partial charge is 0.350 e. The van der Waals surface area contributed by atoms with Crippen molar-refractivity contribution >= 4 is 29.2 Å². The molecule has 0 bridgehead atoms. The van der Waals surface area contributed by atoms with Gasteiger partial charge in [0, 0.05) is 17.3 Å². The number of aryl methyl sites for hydroxylation is 1. The quantitative estimate of drug-likeness (QED) is 0.612. The summed E-state index contributed by atoms with van der Waals surface area (Å²) in [6, 6.07) is 16.0. The average Bonchev–Trinajstić information content (AvgIpc) is 2.60. The Morgan fingerprint density at radius 2 is 1.56 bits per heavy atom. The molecule has 0 saturated heterocycles. The summed E-state index contributed by atoms with van der Waals surface area (Å²) in [7, 11) is 0. The van der Waals surface area contributed by atoms with E-state index in [9.17, 15) is 0 Å². The number of anilines is 3. The lowest BCUT2D eigenvalue weighted by Crippen LogP contribution is -2.11. The standard InChI is InChI=1S/C21H24ClN5/c1-14-24-19(23-13-15-7-5-6-8-18(15)22)27-20(25-14)26-17-11-9-16(10-12-17)21(2,3)4/h5-12H,13H2,1-4H3,(H2,23,24,25,26,27). The average molecular weight is 382 g/mol. The fourth-order valence-corrected chi connectivity index (χ4v) is 2.82. The molecule has 0 amide bonds. The van der Waals surface area contributed by atoms with Crippen molar-refractivity contribution in [3.8, 4) is 0 Å². The smallest absolute Gasteiger partial charge is 0.232 e. The summed E-state index contributed by atoms with van der Waals surface area (Å²) in [5.74, 6) is 1.66. The summed E-state index contributed by atoms with van der Waals surface area (Å²) in [4.78, 5) is 13.2. The first-order valence-electron chi connectivity index (χ1n) is 8.89. The van der Waals surface area contributed by atoms with Crippen molar-refractivity contribution in [1.29, 1.82) is 0 Å². The van der Waals surface area contributed by atoms with Crippen molar-refractivity contribution in [1.82, 2.24) is 15.0 Å². The van der Waals surface area contributed by atoms with Crippen molar-refractivity contribution in [2.24, 2.45) is 0 Å². The Hall–Kier alpha value is -2.66. The van der Waals surface area contributed by atoms with Crippen LogP contribution >= 0.6 is 11.6 Å². The van der Waals surface area contributed by atoms with Gasteiger partial charge in [-0.15, -0.1) is 0 Å². The van der Waals surface area contributed by atoms with Gasteiger partial charge in [0.1, 0.15) is 5.82 Å². The molecule has 0 aliphatic carbocycles. The summed E-state index contributed by atoms with van der Waals surface area (Å²) in [5, 5.41) is 7.17. The van der Waals surface area contributed by atoms with E-state index in [0.717, 1.165) is 11.3 Å². The van der Waals surface area contributed by atoms with Gasteiger partial charge in [0.2, 0.25) is 11.9 Å². The minimum absolute atomic E-state index is 0.123. The van der Waals surface area contributed by atoms with Crippen LogP contribution in [0.3, 0.4) is 0 Å². The fraction of sp³-hybridized carbons (Fsp3) is 0.286. The first kappa shape index (κ1) is 19.1. The molecule has 0 spiro atoms. The van der Waals surface area contributed by atoms with Gasteiger partial charge in [-0.2, -0.15) is 15.0 Å². The van der Waals surface area contributed by atoms with E-state index in [-0.39, 0.29) is 5.41 Å². The number of halogens is 1. The van der Waals surface area contributed by atoms with E-state index in [1.807, 2.05) is 43.3 Å².